The largest absolute Gasteiger partial charge is 0.268 e. The second-order valence-electron chi connectivity index (χ2n) is 4.59. The molecule has 0 N–H and O–H groups in total. The molecule has 0 atom stereocenters. The van der Waals surface area contributed by atoms with E-state index in [0.29, 0.717) is 11.3 Å². The lowest BCUT2D eigenvalue weighted by atomic mass is 10.2. The smallest absolute Gasteiger partial charge is 0.229 e. The van der Waals surface area contributed by atoms with E-state index < -0.39 is 0 Å². The van der Waals surface area contributed by atoms with Gasteiger partial charge in [-0.25, -0.2) is 0 Å². The van der Waals surface area contributed by atoms with E-state index in [1.54, 1.807) is 6.20 Å². The fourth-order valence-corrected chi connectivity index (χ4v) is 1.84. The zero-order valence-corrected chi connectivity index (χ0v) is 11.2. The lowest BCUT2D eigenvalue weighted by molar-refractivity contribution is 0.532. The highest BCUT2D eigenvalue weighted by Crippen LogP contribution is 2.22. The maximum atomic E-state index is 6.06. The third kappa shape index (κ3) is 2.20. The van der Waals surface area contributed by atoms with Gasteiger partial charge in [0.05, 0.1) is 11.9 Å². The standard InChI is InChI=1S/C11H16ClN5/c1-7(2)10-14-15-11(12)17(10)9-5-13-16(6-9)8(3)4/h5-8H,1-4H3. The zero-order valence-electron chi connectivity index (χ0n) is 10.4. The number of hydrogen-bond donors (Lipinski definition) is 0. The number of nitrogens with zero attached hydrogens (tertiary/aromatic N) is 5. The minimum absolute atomic E-state index is 0.261. The molecule has 0 fully saturated rings. The molecule has 0 spiro atoms. The second kappa shape index (κ2) is 4.49. The van der Waals surface area contributed by atoms with Crippen molar-refractivity contribution in [3.05, 3.63) is 23.5 Å². The minimum Gasteiger partial charge on any atom is -0.268 e. The Hall–Kier alpha value is -1.36. The van der Waals surface area contributed by atoms with Gasteiger partial charge < -0.3 is 0 Å². The zero-order chi connectivity index (χ0) is 12.6. The van der Waals surface area contributed by atoms with Gasteiger partial charge in [-0.2, -0.15) is 5.10 Å². The van der Waals surface area contributed by atoms with Gasteiger partial charge in [0.1, 0.15) is 5.82 Å². The van der Waals surface area contributed by atoms with Crippen LogP contribution in [0.1, 0.15) is 45.5 Å². The maximum absolute atomic E-state index is 6.06. The van der Waals surface area contributed by atoms with Crippen molar-refractivity contribution in [2.75, 3.05) is 0 Å². The number of aromatic nitrogens is 5. The molecule has 2 rings (SSSR count). The van der Waals surface area contributed by atoms with Crippen LogP contribution in [-0.2, 0) is 0 Å². The van der Waals surface area contributed by atoms with Gasteiger partial charge in [0.15, 0.2) is 0 Å². The molecule has 0 saturated carbocycles. The van der Waals surface area contributed by atoms with Crippen molar-refractivity contribution in [3.8, 4) is 5.69 Å². The van der Waals surface area contributed by atoms with Crippen molar-refractivity contribution in [3.63, 3.8) is 0 Å². The average molecular weight is 254 g/mol. The molecular weight excluding hydrogens is 238 g/mol. The van der Waals surface area contributed by atoms with Crippen molar-refractivity contribution < 1.29 is 0 Å². The van der Waals surface area contributed by atoms with Gasteiger partial charge in [-0.3, -0.25) is 9.25 Å². The van der Waals surface area contributed by atoms with Gasteiger partial charge in [-0.1, -0.05) is 13.8 Å². The Morgan fingerprint density at radius 2 is 1.88 bits per heavy atom. The SMILES string of the molecule is CC(C)c1nnc(Cl)n1-c1cnn(C(C)C)c1. The van der Waals surface area contributed by atoms with Crippen LogP contribution in [0.5, 0.6) is 0 Å². The lowest BCUT2D eigenvalue weighted by Crippen LogP contribution is -2.03. The van der Waals surface area contributed by atoms with Gasteiger partial charge in [0.25, 0.3) is 0 Å². The van der Waals surface area contributed by atoms with E-state index in [2.05, 4.69) is 43.0 Å². The van der Waals surface area contributed by atoms with Crippen molar-refractivity contribution >= 4 is 11.6 Å². The summed E-state index contributed by atoms with van der Waals surface area (Å²) in [4.78, 5) is 0. The Bertz CT molecular complexity index is 512. The summed E-state index contributed by atoms with van der Waals surface area (Å²) in [5, 5.41) is 12.7. The first-order chi connectivity index (χ1) is 8.00. The quantitative estimate of drug-likeness (QED) is 0.845. The summed E-state index contributed by atoms with van der Waals surface area (Å²) in [5.74, 6) is 1.11. The summed E-state index contributed by atoms with van der Waals surface area (Å²) in [6.07, 6.45) is 3.73. The van der Waals surface area contributed by atoms with E-state index in [-0.39, 0.29) is 5.92 Å². The van der Waals surface area contributed by atoms with Crippen LogP contribution < -0.4 is 0 Å². The molecule has 0 aliphatic rings. The third-order valence-electron chi connectivity index (χ3n) is 2.54. The summed E-state index contributed by atoms with van der Waals surface area (Å²) in [6.45, 7) is 8.27. The Balaban J connectivity index is 2.48. The molecule has 2 aromatic rings. The highest BCUT2D eigenvalue weighted by atomic mass is 35.5. The monoisotopic (exact) mass is 253 g/mol. The third-order valence-corrected chi connectivity index (χ3v) is 2.78. The second-order valence-corrected chi connectivity index (χ2v) is 4.93. The molecule has 6 heteroatoms. The van der Waals surface area contributed by atoms with Crippen LogP contribution in [0, 0.1) is 0 Å². The fraction of sp³-hybridized carbons (Fsp3) is 0.545. The van der Waals surface area contributed by atoms with E-state index in [0.717, 1.165) is 11.5 Å². The van der Waals surface area contributed by atoms with Gasteiger partial charge >= 0.3 is 0 Å². The van der Waals surface area contributed by atoms with Crippen LogP contribution in [0.3, 0.4) is 0 Å². The minimum atomic E-state index is 0.261. The molecule has 2 heterocycles. The lowest BCUT2D eigenvalue weighted by Gasteiger charge is -2.07. The molecule has 92 valence electrons. The molecule has 2 aromatic heterocycles. The van der Waals surface area contributed by atoms with Crippen molar-refractivity contribution in [2.45, 2.75) is 39.7 Å². The molecule has 0 aliphatic heterocycles. The first-order valence-corrected chi connectivity index (χ1v) is 6.04. The van der Waals surface area contributed by atoms with Crippen LogP contribution >= 0.6 is 11.6 Å². The molecule has 5 nitrogen and oxygen atoms in total. The van der Waals surface area contributed by atoms with Crippen molar-refractivity contribution in [1.82, 2.24) is 24.5 Å². The predicted octanol–water partition coefficient (Wildman–Crippen LogP) is 2.82. The van der Waals surface area contributed by atoms with Gasteiger partial charge in [0, 0.05) is 18.2 Å². The van der Waals surface area contributed by atoms with E-state index in [1.165, 1.54) is 0 Å². The Labute approximate surface area is 105 Å². The molecule has 0 unspecified atom stereocenters. The predicted molar refractivity (Wildman–Crippen MR) is 66.6 cm³/mol. The Kier molecular flexibility index (Phi) is 3.19. The first kappa shape index (κ1) is 12.1. The van der Waals surface area contributed by atoms with Gasteiger partial charge in [-0.05, 0) is 25.4 Å². The summed E-state index contributed by atoms with van der Waals surface area (Å²) in [7, 11) is 0. The van der Waals surface area contributed by atoms with E-state index >= 15 is 0 Å². The topological polar surface area (TPSA) is 48.5 Å². The normalized spacial score (nSPS) is 11.7. The van der Waals surface area contributed by atoms with Crippen LogP contribution in [0.25, 0.3) is 5.69 Å². The van der Waals surface area contributed by atoms with Crippen LogP contribution in [0.15, 0.2) is 12.4 Å². The van der Waals surface area contributed by atoms with Crippen molar-refractivity contribution in [1.29, 1.82) is 0 Å². The molecule has 17 heavy (non-hydrogen) atoms. The number of hydrogen-bond acceptors (Lipinski definition) is 3. The summed E-state index contributed by atoms with van der Waals surface area (Å²) >= 11 is 6.06. The molecule has 0 radical (unpaired) electrons. The van der Waals surface area contributed by atoms with Crippen LogP contribution in [-0.4, -0.2) is 24.5 Å². The molecule has 0 saturated heterocycles. The molecular formula is C11H16ClN5. The highest BCUT2D eigenvalue weighted by molar-refractivity contribution is 6.28. The van der Waals surface area contributed by atoms with E-state index in [9.17, 15) is 0 Å². The molecule has 0 bridgehead atoms. The first-order valence-electron chi connectivity index (χ1n) is 5.66. The number of halogens is 1. The summed E-state index contributed by atoms with van der Waals surface area (Å²) < 4.78 is 3.72. The maximum Gasteiger partial charge on any atom is 0.229 e. The van der Waals surface area contributed by atoms with Gasteiger partial charge in [0.2, 0.25) is 5.28 Å². The summed E-state index contributed by atoms with van der Waals surface area (Å²) in [5.41, 5.74) is 0.900. The highest BCUT2D eigenvalue weighted by Gasteiger charge is 2.16. The Morgan fingerprint density at radius 1 is 1.18 bits per heavy atom. The number of rotatable bonds is 3. The van der Waals surface area contributed by atoms with E-state index in [4.69, 9.17) is 11.6 Å². The van der Waals surface area contributed by atoms with Crippen molar-refractivity contribution in [2.24, 2.45) is 0 Å². The average Bonchev–Trinajstić information content (AvgIpc) is 2.82. The fourth-order valence-electron chi connectivity index (χ4n) is 1.61. The molecule has 0 amide bonds. The van der Waals surface area contributed by atoms with Crippen LogP contribution in [0.4, 0.5) is 0 Å². The molecule has 0 aromatic carbocycles. The Morgan fingerprint density at radius 3 is 2.41 bits per heavy atom. The van der Waals surface area contributed by atoms with Gasteiger partial charge in [-0.15, -0.1) is 10.2 Å². The van der Waals surface area contributed by atoms with Crippen LogP contribution in [0.2, 0.25) is 5.28 Å². The van der Waals surface area contributed by atoms with E-state index in [1.807, 2.05) is 15.4 Å². The molecule has 0 aliphatic carbocycles. The summed E-state index contributed by atoms with van der Waals surface area (Å²) in [6, 6.07) is 0.321.